The number of amides is 1. The zero-order valence-corrected chi connectivity index (χ0v) is 19.5. The van der Waals surface area contributed by atoms with Crippen LogP contribution in [0.15, 0.2) is 54.6 Å². The third kappa shape index (κ3) is 6.33. The smallest absolute Gasteiger partial charge is 0.219 e. The molecule has 4 nitrogen and oxygen atoms in total. The van der Waals surface area contributed by atoms with Gasteiger partial charge in [-0.2, -0.15) is 0 Å². The largest absolute Gasteiger partial charge is 0.497 e. The van der Waals surface area contributed by atoms with Gasteiger partial charge in [-0.05, 0) is 67.7 Å². The minimum Gasteiger partial charge on any atom is -0.497 e. The summed E-state index contributed by atoms with van der Waals surface area (Å²) in [5.74, 6) is 1.93. The Bertz CT molecular complexity index is 820. The first kappa shape index (κ1) is 23.3. The normalized spacial score (nSPS) is 22.0. The predicted octanol–water partition coefficient (Wildman–Crippen LogP) is 5.81. The lowest BCUT2D eigenvalue weighted by molar-refractivity contribution is -0.129. The predicted molar refractivity (Wildman–Crippen MR) is 125 cm³/mol. The van der Waals surface area contributed by atoms with E-state index in [9.17, 15) is 4.79 Å². The van der Waals surface area contributed by atoms with E-state index in [4.69, 9.17) is 9.47 Å². The van der Waals surface area contributed by atoms with E-state index in [0.29, 0.717) is 18.4 Å². The highest BCUT2D eigenvalue weighted by molar-refractivity contribution is 5.73. The number of carbonyl (C=O) groups excluding carboxylic acids is 1. The molecule has 1 amide bonds. The molecule has 1 heterocycles. The summed E-state index contributed by atoms with van der Waals surface area (Å²) < 4.78 is 11.5. The molecular weight excluding hydrogens is 386 g/mol. The summed E-state index contributed by atoms with van der Waals surface area (Å²) in [5.41, 5.74) is 2.44. The fraction of sp³-hybridized carbons (Fsp3) is 0.519. The summed E-state index contributed by atoms with van der Waals surface area (Å²) in [6.45, 7) is 8.34. The van der Waals surface area contributed by atoms with Crippen molar-refractivity contribution < 1.29 is 14.3 Å². The van der Waals surface area contributed by atoms with Gasteiger partial charge in [-0.3, -0.25) is 4.79 Å². The fourth-order valence-electron chi connectivity index (χ4n) is 4.73. The molecule has 0 spiro atoms. The second-order valence-electron chi connectivity index (χ2n) is 9.00. The van der Waals surface area contributed by atoms with Gasteiger partial charge in [-0.15, -0.1) is 0 Å². The van der Waals surface area contributed by atoms with Crippen LogP contribution in [0.2, 0.25) is 0 Å². The first-order chi connectivity index (χ1) is 14.9. The molecule has 1 fully saturated rings. The van der Waals surface area contributed by atoms with Crippen LogP contribution < -0.4 is 4.74 Å². The highest BCUT2D eigenvalue weighted by Gasteiger charge is 2.36. The van der Waals surface area contributed by atoms with Crippen LogP contribution in [-0.4, -0.2) is 36.7 Å². The van der Waals surface area contributed by atoms with Gasteiger partial charge in [-0.25, -0.2) is 0 Å². The molecule has 2 aromatic rings. The topological polar surface area (TPSA) is 38.8 Å². The second-order valence-corrected chi connectivity index (χ2v) is 9.00. The molecule has 0 unspecified atom stereocenters. The molecule has 0 bridgehead atoms. The van der Waals surface area contributed by atoms with Crippen molar-refractivity contribution in [3.63, 3.8) is 0 Å². The van der Waals surface area contributed by atoms with Gasteiger partial charge in [0.15, 0.2) is 0 Å². The minimum absolute atomic E-state index is 0.0576. The van der Waals surface area contributed by atoms with Gasteiger partial charge in [0.2, 0.25) is 5.91 Å². The summed E-state index contributed by atoms with van der Waals surface area (Å²) in [4.78, 5) is 14.4. The molecule has 3 rings (SSSR count). The maximum atomic E-state index is 12.4. The van der Waals surface area contributed by atoms with Crippen LogP contribution in [0, 0.1) is 5.92 Å². The third-order valence-corrected chi connectivity index (χ3v) is 6.87. The van der Waals surface area contributed by atoms with E-state index in [1.54, 1.807) is 14.0 Å². The van der Waals surface area contributed by atoms with Crippen molar-refractivity contribution in [2.24, 2.45) is 5.92 Å². The minimum atomic E-state index is -0.0576. The number of hydrogen-bond donors (Lipinski definition) is 0. The van der Waals surface area contributed by atoms with E-state index < -0.39 is 0 Å². The van der Waals surface area contributed by atoms with Crippen molar-refractivity contribution >= 4 is 5.91 Å². The average Bonchev–Trinajstić information content (AvgIpc) is 2.79. The van der Waals surface area contributed by atoms with E-state index in [1.807, 2.05) is 35.2 Å². The van der Waals surface area contributed by atoms with E-state index >= 15 is 0 Å². The molecule has 1 saturated heterocycles. The maximum Gasteiger partial charge on any atom is 0.219 e. The maximum absolute atomic E-state index is 12.4. The van der Waals surface area contributed by atoms with Gasteiger partial charge >= 0.3 is 0 Å². The van der Waals surface area contributed by atoms with Gasteiger partial charge in [-0.1, -0.05) is 49.4 Å². The summed E-state index contributed by atoms with van der Waals surface area (Å²) >= 11 is 0. The summed E-state index contributed by atoms with van der Waals surface area (Å²) in [7, 11) is 1.70. The Morgan fingerprint density at radius 1 is 1.19 bits per heavy atom. The van der Waals surface area contributed by atoms with E-state index in [1.165, 1.54) is 11.1 Å². The van der Waals surface area contributed by atoms with Crippen LogP contribution in [0.4, 0.5) is 0 Å². The number of ether oxygens (including phenoxy) is 2. The van der Waals surface area contributed by atoms with Crippen LogP contribution in [0.1, 0.15) is 63.5 Å². The SMILES string of the molecule is CC[C@]1(C)C[C@H]([C@H](CCN(Cc2ccccc2)C(C)=O)c2ccc(OC)cc2)CCO1. The molecule has 4 heteroatoms. The van der Waals surface area contributed by atoms with Crippen molar-refractivity contribution in [2.75, 3.05) is 20.3 Å². The highest BCUT2D eigenvalue weighted by Crippen LogP contribution is 2.41. The lowest BCUT2D eigenvalue weighted by Crippen LogP contribution is -2.39. The van der Waals surface area contributed by atoms with Crippen LogP contribution in [-0.2, 0) is 16.1 Å². The third-order valence-electron chi connectivity index (χ3n) is 6.87. The first-order valence-electron chi connectivity index (χ1n) is 11.5. The molecule has 31 heavy (non-hydrogen) atoms. The van der Waals surface area contributed by atoms with Gasteiger partial charge in [0.05, 0.1) is 12.7 Å². The quantitative estimate of drug-likeness (QED) is 0.511. The van der Waals surface area contributed by atoms with Crippen molar-refractivity contribution in [1.29, 1.82) is 0 Å². The average molecular weight is 424 g/mol. The van der Waals surface area contributed by atoms with E-state index in [0.717, 1.165) is 44.6 Å². The number of rotatable bonds is 9. The highest BCUT2D eigenvalue weighted by atomic mass is 16.5. The number of benzene rings is 2. The molecule has 2 aromatic carbocycles. The number of hydrogen-bond acceptors (Lipinski definition) is 3. The molecule has 0 aromatic heterocycles. The van der Waals surface area contributed by atoms with E-state index in [2.05, 4.69) is 38.1 Å². The molecule has 0 N–H and O–H groups in total. The Labute approximate surface area is 187 Å². The molecule has 0 aliphatic carbocycles. The van der Waals surface area contributed by atoms with Gasteiger partial charge in [0.25, 0.3) is 0 Å². The zero-order valence-electron chi connectivity index (χ0n) is 19.5. The van der Waals surface area contributed by atoms with Crippen LogP contribution in [0.5, 0.6) is 5.75 Å². The summed E-state index contributed by atoms with van der Waals surface area (Å²) in [6, 6.07) is 18.7. The monoisotopic (exact) mass is 423 g/mol. The lowest BCUT2D eigenvalue weighted by atomic mass is 9.74. The lowest BCUT2D eigenvalue weighted by Gasteiger charge is -2.41. The number of carbonyl (C=O) groups is 1. The standard InChI is InChI=1S/C27H37NO3/c1-5-27(3)19-24(16-18-31-27)26(23-11-13-25(30-4)14-12-23)15-17-28(21(2)29)20-22-9-7-6-8-10-22/h6-14,24,26H,5,15-20H2,1-4H3/t24-,26-,27-/m1/s1. The van der Waals surface area contributed by atoms with Gasteiger partial charge in [0.1, 0.15) is 5.75 Å². The molecule has 1 aliphatic rings. The number of methoxy groups -OCH3 is 1. The van der Waals surface area contributed by atoms with Crippen molar-refractivity contribution in [1.82, 2.24) is 4.90 Å². The molecular formula is C27H37NO3. The summed E-state index contributed by atoms with van der Waals surface area (Å²) in [6.07, 6.45) is 4.08. The molecule has 1 aliphatic heterocycles. The molecule has 0 radical (unpaired) electrons. The van der Waals surface area contributed by atoms with Crippen molar-refractivity contribution in [3.8, 4) is 5.75 Å². The Morgan fingerprint density at radius 2 is 1.90 bits per heavy atom. The Hall–Kier alpha value is -2.33. The van der Waals surface area contributed by atoms with Gasteiger partial charge < -0.3 is 14.4 Å². The second kappa shape index (κ2) is 10.8. The van der Waals surface area contributed by atoms with Crippen LogP contribution in [0.3, 0.4) is 0 Å². The van der Waals surface area contributed by atoms with Crippen LogP contribution in [0.25, 0.3) is 0 Å². The Balaban J connectivity index is 1.78. The fourth-order valence-corrected chi connectivity index (χ4v) is 4.73. The molecule has 0 saturated carbocycles. The molecule has 168 valence electrons. The van der Waals surface area contributed by atoms with Gasteiger partial charge in [0, 0.05) is 26.6 Å². The summed E-state index contributed by atoms with van der Waals surface area (Å²) in [5, 5.41) is 0. The Morgan fingerprint density at radius 3 is 2.52 bits per heavy atom. The van der Waals surface area contributed by atoms with Crippen LogP contribution >= 0.6 is 0 Å². The van der Waals surface area contributed by atoms with Crippen molar-refractivity contribution in [3.05, 3.63) is 65.7 Å². The Kier molecular flexibility index (Phi) is 8.14. The zero-order chi connectivity index (χ0) is 22.3. The number of nitrogens with zero attached hydrogens (tertiary/aromatic N) is 1. The first-order valence-corrected chi connectivity index (χ1v) is 11.5. The van der Waals surface area contributed by atoms with Crippen molar-refractivity contribution in [2.45, 2.75) is 64.5 Å². The molecule has 3 atom stereocenters. The van der Waals surface area contributed by atoms with E-state index in [-0.39, 0.29) is 11.5 Å².